The normalized spacial score (nSPS) is 29.4. The second-order valence-electron chi connectivity index (χ2n) is 5.31. The Morgan fingerprint density at radius 2 is 1.89 bits per heavy atom. The predicted octanol–water partition coefficient (Wildman–Crippen LogP) is 0.501. The molecular weight excluding hydrogens is 266 g/mol. The van der Waals surface area contributed by atoms with Gasteiger partial charge in [-0.2, -0.15) is 4.31 Å². The van der Waals surface area contributed by atoms with E-state index in [0.29, 0.717) is 0 Å². The number of β-amino-alcohol motifs (C(OH)–C–C–N with tert-alkyl or cyclic N) is 1. The van der Waals surface area contributed by atoms with Crippen molar-refractivity contribution in [1.82, 2.24) is 4.31 Å². The highest BCUT2D eigenvalue weighted by molar-refractivity contribution is 7.89. The second-order valence-corrected chi connectivity index (χ2v) is 7.25. The molecule has 2 atom stereocenters. The van der Waals surface area contributed by atoms with Crippen LogP contribution in [-0.4, -0.2) is 47.7 Å². The van der Waals surface area contributed by atoms with Crippen molar-refractivity contribution < 1.29 is 18.6 Å². The number of nitrogens with zero attached hydrogens (tertiary/aromatic N) is 1. The first-order valence-electron chi connectivity index (χ1n) is 6.21. The zero-order valence-corrected chi connectivity index (χ0v) is 11.9. The monoisotopic (exact) mass is 285 g/mol. The summed E-state index contributed by atoms with van der Waals surface area (Å²) in [6.07, 6.45) is -0.657. The van der Waals surface area contributed by atoms with Gasteiger partial charge in [-0.1, -0.05) is 17.7 Å². The molecule has 0 bridgehead atoms. The van der Waals surface area contributed by atoms with Gasteiger partial charge in [0, 0.05) is 13.1 Å². The molecule has 1 aromatic carbocycles. The summed E-state index contributed by atoms with van der Waals surface area (Å²) in [6.45, 7) is 3.46. The molecule has 2 rings (SSSR count). The van der Waals surface area contributed by atoms with E-state index in [0.717, 1.165) is 5.56 Å². The quantitative estimate of drug-likeness (QED) is 0.829. The molecule has 1 saturated heterocycles. The fourth-order valence-corrected chi connectivity index (χ4v) is 3.74. The molecule has 0 aromatic heterocycles. The maximum absolute atomic E-state index is 12.4. The molecular formula is C13H19NO4S. The third kappa shape index (κ3) is 2.81. The van der Waals surface area contributed by atoms with Crippen molar-refractivity contribution >= 4 is 10.0 Å². The molecule has 1 aliphatic heterocycles. The predicted molar refractivity (Wildman–Crippen MR) is 71.2 cm³/mol. The topological polar surface area (TPSA) is 77.8 Å². The van der Waals surface area contributed by atoms with Gasteiger partial charge in [-0.3, -0.25) is 0 Å². The number of aliphatic hydroxyl groups excluding tert-OH is 1. The molecule has 0 unspecified atom stereocenters. The van der Waals surface area contributed by atoms with E-state index >= 15 is 0 Å². The van der Waals surface area contributed by atoms with Crippen LogP contribution >= 0.6 is 0 Å². The fourth-order valence-electron chi connectivity index (χ4n) is 2.18. The first kappa shape index (κ1) is 14.5. The van der Waals surface area contributed by atoms with Gasteiger partial charge >= 0.3 is 0 Å². The van der Waals surface area contributed by atoms with E-state index in [-0.39, 0.29) is 24.4 Å². The van der Waals surface area contributed by atoms with E-state index < -0.39 is 21.7 Å². The Kier molecular flexibility index (Phi) is 3.70. The highest BCUT2D eigenvalue weighted by atomic mass is 32.2. The van der Waals surface area contributed by atoms with Crippen LogP contribution in [0.15, 0.2) is 29.2 Å². The lowest BCUT2D eigenvalue weighted by molar-refractivity contribution is -0.0935. The van der Waals surface area contributed by atoms with Crippen molar-refractivity contribution in [2.45, 2.75) is 36.9 Å². The minimum Gasteiger partial charge on any atom is -0.390 e. The van der Waals surface area contributed by atoms with Crippen molar-refractivity contribution in [3.05, 3.63) is 29.8 Å². The summed E-state index contributed by atoms with van der Waals surface area (Å²) < 4.78 is 26.1. The van der Waals surface area contributed by atoms with E-state index in [2.05, 4.69) is 0 Å². The van der Waals surface area contributed by atoms with Crippen molar-refractivity contribution in [2.75, 3.05) is 13.1 Å². The van der Waals surface area contributed by atoms with E-state index in [9.17, 15) is 18.6 Å². The molecule has 0 radical (unpaired) electrons. The maximum atomic E-state index is 12.4. The number of hydrogen-bond acceptors (Lipinski definition) is 4. The lowest BCUT2D eigenvalue weighted by Gasteiger charge is -2.39. The van der Waals surface area contributed by atoms with Gasteiger partial charge in [0.05, 0.1) is 11.0 Å². The molecule has 1 heterocycles. The average molecular weight is 285 g/mol. The van der Waals surface area contributed by atoms with Crippen LogP contribution in [0.1, 0.15) is 18.9 Å². The summed E-state index contributed by atoms with van der Waals surface area (Å²) >= 11 is 0. The summed E-state index contributed by atoms with van der Waals surface area (Å²) in [5.74, 6) is 0. The van der Waals surface area contributed by atoms with Crippen LogP contribution in [0.2, 0.25) is 0 Å². The number of hydrogen-bond donors (Lipinski definition) is 2. The number of aliphatic hydroxyl groups is 2. The fraction of sp³-hybridized carbons (Fsp3) is 0.538. The highest BCUT2D eigenvalue weighted by Crippen LogP contribution is 2.26. The first-order valence-corrected chi connectivity index (χ1v) is 7.65. The highest BCUT2D eigenvalue weighted by Gasteiger charge is 2.41. The molecule has 19 heavy (non-hydrogen) atoms. The zero-order valence-electron chi connectivity index (χ0n) is 11.1. The van der Waals surface area contributed by atoms with Crippen LogP contribution in [0.3, 0.4) is 0 Å². The van der Waals surface area contributed by atoms with Gasteiger partial charge in [0.25, 0.3) is 0 Å². The van der Waals surface area contributed by atoms with Gasteiger partial charge in [0.2, 0.25) is 10.0 Å². The van der Waals surface area contributed by atoms with Gasteiger partial charge in [-0.05, 0) is 32.4 Å². The van der Waals surface area contributed by atoms with Crippen LogP contribution in [0, 0.1) is 6.92 Å². The molecule has 1 aromatic rings. The molecule has 0 spiro atoms. The Morgan fingerprint density at radius 1 is 1.32 bits per heavy atom. The molecule has 2 N–H and O–H groups in total. The molecule has 0 aliphatic carbocycles. The van der Waals surface area contributed by atoms with E-state index in [1.807, 2.05) is 6.92 Å². The molecule has 0 saturated carbocycles. The molecule has 5 nitrogen and oxygen atoms in total. The Morgan fingerprint density at radius 3 is 2.42 bits per heavy atom. The summed E-state index contributed by atoms with van der Waals surface area (Å²) in [7, 11) is -3.61. The zero-order chi connectivity index (χ0) is 14.3. The summed E-state index contributed by atoms with van der Waals surface area (Å²) in [5, 5.41) is 19.7. The van der Waals surface area contributed by atoms with Gasteiger partial charge in [-0.25, -0.2) is 8.42 Å². The summed E-state index contributed by atoms with van der Waals surface area (Å²) in [6, 6.07) is 6.60. The van der Waals surface area contributed by atoms with Gasteiger partial charge in [-0.15, -0.1) is 0 Å². The Bertz CT molecular complexity index is 551. The van der Waals surface area contributed by atoms with Gasteiger partial charge in [0.15, 0.2) is 0 Å². The van der Waals surface area contributed by atoms with E-state index in [1.54, 1.807) is 24.3 Å². The lowest BCUT2D eigenvalue weighted by Crippen LogP contribution is -2.56. The van der Waals surface area contributed by atoms with E-state index in [1.165, 1.54) is 11.2 Å². The Hall–Kier alpha value is -0.950. The number of aryl methyl sites for hydroxylation is 1. The van der Waals surface area contributed by atoms with Crippen molar-refractivity contribution in [3.63, 3.8) is 0 Å². The second kappa shape index (κ2) is 4.86. The minimum atomic E-state index is -3.61. The van der Waals surface area contributed by atoms with Crippen LogP contribution in [0.4, 0.5) is 0 Å². The molecule has 6 heteroatoms. The number of sulfonamides is 1. The largest absolute Gasteiger partial charge is 0.390 e. The van der Waals surface area contributed by atoms with Crippen molar-refractivity contribution in [2.24, 2.45) is 0 Å². The van der Waals surface area contributed by atoms with Gasteiger partial charge in [0.1, 0.15) is 5.60 Å². The smallest absolute Gasteiger partial charge is 0.243 e. The molecule has 106 valence electrons. The van der Waals surface area contributed by atoms with Crippen LogP contribution in [-0.2, 0) is 10.0 Å². The first-order chi connectivity index (χ1) is 8.73. The molecule has 0 amide bonds. The van der Waals surface area contributed by atoms with Crippen molar-refractivity contribution in [3.8, 4) is 0 Å². The minimum absolute atomic E-state index is 0.0929. The third-order valence-corrected chi connectivity index (χ3v) is 5.38. The maximum Gasteiger partial charge on any atom is 0.243 e. The molecule has 1 fully saturated rings. The standard InChI is InChI=1S/C13H19NO4S/c1-10-3-5-11(6-4-10)19(17,18)14-8-7-12(15)13(2,16)9-14/h3-6,12,15-16H,7-9H2,1-2H3/t12-,13-/m1/s1. The number of piperidine rings is 1. The third-order valence-electron chi connectivity index (χ3n) is 3.53. The van der Waals surface area contributed by atoms with E-state index in [4.69, 9.17) is 0 Å². The summed E-state index contributed by atoms with van der Waals surface area (Å²) in [4.78, 5) is 0.213. The Labute approximate surface area is 113 Å². The van der Waals surface area contributed by atoms with Gasteiger partial charge < -0.3 is 10.2 Å². The van der Waals surface area contributed by atoms with Crippen molar-refractivity contribution in [1.29, 1.82) is 0 Å². The lowest BCUT2D eigenvalue weighted by atomic mass is 9.93. The van der Waals surface area contributed by atoms with Crippen LogP contribution in [0.5, 0.6) is 0 Å². The average Bonchev–Trinajstić information content (AvgIpc) is 2.33. The van der Waals surface area contributed by atoms with Crippen LogP contribution in [0.25, 0.3) is 0 Å². The number of benzene rings is 1. The SMILES string of the molecule is Cc1ccc(S(=O)(=O)N2CC[C@@H](O)[C@](C)(O)C2)cc1. The molecule has 1 aliphatic rings. The number of rotatable bonds is 2. The Balaban J connectivity index is 2.28. The van der Waals surface area contributed by atoms with Crippen LogP contribution < -0.4 is 0 Å². The summed E-state index contributed by atoms with van der Waals surface area (Å²) in [5.41, 5.74) is -0.421.